The summed E-state index contributed by atoms with van der Waals surface area (Å²) in [6.07, 6.45) is -3.19. The minimum absolute atomic E-state index is 0.0248. The van der Waals surface area contributed by atoms with Crippen LogP contribution in [0.1, 0.15) is 46.8 Å². The molecule has 0 bridgehead atoms. The van der Waals surface area contributed by atoms with E-state index >= 15 is 0 Å². The van der Waals surface area contributed by atoms with Gasteiger partial charge in [-0.25, -0.2) is 21.6 Å². The number of carbonyl (C=O) groups excluding carboxylic acids is 2. The van der Waals surface area contributed by atoms with Crippen molar-refractivity contribution in [2.45, 2.75) is 48.6 Å². The van der Waals surface area contributed by atoms with E-state index in [-0.39, 0.29) is 16.5 Å². The Labute approximate surface area is 207 Å². The van der Waals surface area contributed by atoms with Crippen LogP contribution in [0.4, 0.5) is 26.3 Å². The summed E-state index contributed by atoms with van der Waals surface area (Å²) in [5, 5.41) is 2.46. The van der Waals surface area contributed by atoms with Crippen LogP contribution in [0.15, 0.2) is 35.5 Å². The average molecular weight is 549 g/mol. The molecule has 1 aliphatic carbocycles. The Morgan fingerprint density at radius 3 is 2.38 bits per heavy atom. The molecule has 2 heterocycles. The number of pyridine rings is 1. The van der Waals surface area contributed by atoms with Gasteiger partial charge in [0.1, 0.15) is 23.8 Å². The highest BCUT2D eigenvalue weighted by atomic mass is 32.2. The Kier molecular flexibility index (Phi) is 6.99. The number of sulfone groups is 1. The second-order valence-corrected chi connectivity index (χ2v) is 11.2. The predicted octanol–water partition coefficient (Wildman–Crippen LogP) is 3.60. The van der Waals surface area contributed by atoms with Gasteiger partial charge < -0.3 is 10.2 Å². The molecular formula is C23H21F6N3O4S. The third-order valence-electron chi connectivity index (χ3n) is 6.32. The molecule has 2 aliphatic rings. The Bertz CT molecular complexity index is 1350. The van der Waals surface area contributed by atoms with Crippen molar-refractivity contribution < 1.29 is 44.3 Å². The van der Waals surface area contributed by atoms with Gasteiger partial charge in [-0.15, -0.1) is 0 Å². The molecule has 1 unspecified atom stereocenters. The number of carbonyl (C=O) groups is 2. The van der Waals surface area contributed by atoms with E-state index in [1.54, 1.807) is 0 Å². The zero-order valence-corrected chi connectivity index (χ0v) is 20.0. The van der Waals surface area contributed by atoms with Crippen LogP contribution in [0.25, 0.3) is 0 Å². The zero-order valence-electron chi connectivity index (χ0n) is 19.2. The van der Waals surface area contributed by atoms with Crippen molar-refractivity contribution in [1.82, 2.24) is 15.2 Å². The van der Waals surface area contributed by atoms with Gasteiger partial charge in [0.15, 0.2) is 9.84 Å². The molecule has 1 aromatic heterocycles. The van der Waals surface area contributed by atoms with E-state index in [0.29, 0.717) is 18.9 Å². The quantitative estimate of drug-likeness (QED) is 0.556. The summed E-state index contributed by atoms with van der Waals surface area (Å²) in [6.45, 7) is -0.489. The number of nitrogens with zero attached hydrogens (tertiary/aromatic N) is 2. The maximum atomic E-state index is 14.7. The fourth-order valence-electron chi connectivity index (χ4n) is 4.31. The van der Waals surface area contributed by atoms with Gasteiger partial charge >= 0.3 is 6.18 Å². The molecule has 1 aromatic carbocycles. The van der Waals surface area contributed by atoms with E-state index in [1.165, 1.54) is 0 Å². The zero-order chi connectivity index (χ0) is 27.3. The van der Waals surface area contributed by atoms with Crippen molar-refractivity contribution in [3.8, 4) is 0 Å². The molecule has 2 fully saturated rings. The van der Waals surface area contributed by atoms with Gasteiger partial charge in [0.2, 0.25) is 5.91 Å². The van der Waals surface area contributed by atoms with Crippen LogP contribution >= 0.6 is 0 Å². The molecule has 200 valence electrons. The van der Waals surface area contributed by atoms with Crippen LogP contribution in [-0.4, -0.2) is 55.1 Å². The summed E-state index contributed by atoms with van der Waals surface area (Å²) in [5.41, 5.74) is -2.48. The minimum Gasteiger partial charge on any atom is -0.347 e. The molecule has 1 saturated carbocycles. The lowest BCUT2D eigenvalue weighted by atomic mass is 9.98. The molecule has 3 atom stereocenters. The van der Waals surface area contributed by atoms with E-state index in [4.69, 9.17) is 0 Å². The number of rotatable bonds is 6. The molecule has 0 spiro atoms. The lowest BCUT2D eigenvalue weighted by Crippen LogP contribution is -2.47. The second kappa shape index (κ2) is 9.62. The van der Waals surface area contributed by atoms with Gasteiger partial charge in [-0.1, -0.05) is 0 Å². The van der Waals surface area contributed by atoms with Gasteiger partial charge in [0, 0.05) is 30.6 Å². The van der Waals surface area contributed by atoms with E-state index in [2.05, 4.69) is 10.3 Å². The van der Waals surface area contributed by atoms with Crippen molar-refractivity contribution in [1.29, 1.82) is 0 Å². The number of amides is 2. The molecule has 2 aromatic rings. The molecule has 1 N–H and O–H groups in total. The maximum absolute atomic E-state index is 14.7. The first-order chi connectivity index (χ1) is 17.2. The third-order valence-corrected chi connectivity index (χ3v) is 7.40. The first kappa shape index (κ1) is 26.9. The fraction of sp³-hybridized carbons (Fsp3) is 0.435. The summed E-state index contributed by atoms with van der Waals surface area (Å²) in [6, 6.07) is -1.13. The van der Waals surface area contributed by atoms with Crippen LogP contribution in [0.3, 0.4) is 0 Å². The summed E-state index contributed by atoms with van der Waals surface area (Å²) >= 11 is 0. The average Bonchev–Trinajstić information content (AvgIpc) is 3.57. The molecule has 1 saturated heterocycles. The Morgan fingerprint density at radius 2 is 1.78 bits per heavy atom. The molecule has 4 rings (SSSR count). The fourth-order valence-corrected chi connectivity index (χ4v) is 4.90. The monoisotopic (exact) mass is 549 g/mol. The standard InChI is InChI=1S/C23H21F6N3O4S/c1-37(35,36)14-4-12(8-30-9-14)22(34)32-10-13(24)5-19(32)21(33)31-20(11-2-3-11)15-6-18(26)16(7-17(15)25)23(27,28)29/h4,6-9,11,13,19-20H,2-3,5,10H2,1H3,(H,31,33)/t13-,19+,20?/m0/s1. The summed E-state index contributed by atoms with van der Waals surface area (Å²) in [7, 11) is -3.72. The largest absolute Gasteiger partial charge is 0.419 e. The predicted molar refractivity (Wildman–Crippen MR) is 117 cm³/mol. The Balaban J connectivity index is 1.59. The van der Waals surface area contributed by atoms with Gasteiger partial charge in [-0.05, 0) is 37.0 Å². The molecule has 0 radical (unpaired) electrons. The first-order valence-electron chi connectivity index (χ1n) is 11.1. The first-order valence-corrected chi connectivity index (χ1v) is 13.0. The minimum atomic E-state index is -5.12. The number of likely N-dealkylation sites (tertiary alicyclic amines) is 1. The number of alkyl halides is 4. The van der Waals surface area contributed by atoms with E-state index < -0.39 is 87.7 Å². The molecule has 37 heavy (non-hydrogen) atoms. The topological polar surface area (TPSA) is 96.4 Å². The molecule has 7 nitrogen and oxygen atoms in total. The molecule has 2 amide bonds. The maximum Gasteiger partial charge on any atom is 0.419 e. The molecular weight excluding hydrogens is 528 g/mol. The summed E-state index contributed by atoms with van der Waals surface area (Å²) in [4.78, 5) is 30.5. The number of hydrogen-bond acceptors (Lipinski definition) is 5. The smallest absolute Gasteiger partial charge is 0.347 e. The van der Waals surface area contributed by atoms with Crippen LogP contribution in [-0.2, 0) is 20.8 Å². The van der Waals surface area contributed by atoms with Gasteiger partial charge in [0.25, 0.3) is 5.91 Å². The number of aromatic nitrogens is 1. The highest BCUT2D eigenvalue weighted by molar-refractivity contribution is 7.90. The van der Waals surface area contributed by atoms with Crippen molar-refractivity contribution in [3.63, 3.8) is 0 Å². The van der Waals surface area contributed by atoms with Crippen LogP contribution in [0.2, 0.25) is 0 Å². The molecule has 14 heteroatoms. The Morgan fingerprint density at radius 1 is 1.11 bits per heavy atom. The number of nitrogens with one attached hydrogen (secondary N) is 1. The lowest BCUT2D eigenvalue weighted by molar-refractivity contribution is -0.140. The SMILES string of the molecule is CS(=O)(=O)c1cncc(C(=O)N2C[C@@H](F)C[C@@H]2C(=O)NC(c2cc(F)c(C(F)(F)F)cc2F)C2CC2)c1. The normalized spacial score (nSPS) is 21.1. The van der Waals surface area contributed by atoms with Crippen molar-refractivity contribution in [2.24, 2.45) is 5.92 Å². The third kappa shape index (κ3) is 5.73. The highest BCUT2D eigenvalue weighted by Crippen LogP contribution is 2.43. The molecule has 1 aliphatic heterocycles. The van der Waals surface area contributed by atoms with E-state index in [9.17, 15) is 44.3 Å². The van der Waals surface area contributed by atoms with Crippen molar-refractivity contribution in [2.75, 3.05) is 12.8 Å². The van der Waals surface area contributed by atoms with Gasteiger partial charge in [-0.2, -0.15) is 13.2 Å². The van der Waals surface area contributed by atoms with Crippen LogP contribution in [0.5, 0.6) is 0 Å². The van der Waals surface area contributed by atoms with Crippen molar-refractivity contribution in [3.05, 3.63) is 58.9 Å². The van der Waals surface area contributed by atoms with Crippen LogP contribution in [0, 0.1) is 17.6 Å². The number of benzene rings is 1. The number of hydrogen-bond donors (Lipinski definition) is 1. The van der Waals surface area contributed by atoms with E-state index in [0.717, 1.165) is 29.6 Å². The Hall–Kier alpha value is -3.16. The van der Waals surface area contributed by atoms with Crippen molar-refractivity contribution >= 4 is 21.7 Å². The highest BCUT2D eigenvalue weighted by Gasteiger charge is 2.44. The van der Waals surface area contributed by atoms with Gasteiger partial charge in [0.05, 0.1) is 28.6 Å². The lowest BCUT2D eigenvalue weighted by Gasteiger charge is -2.27. The number of halogens is 6. The summed E-state index contributed by atoms with van der Waals surface area (Å²) < 4.78 is 106. The second-order valence-electron chi connectivity index (χ2n) is 9.16. The van der Waals surface area contributed by atoms with Crippen LogP contribution < -0.4 is 5.32 Å². The van der Waals surface area contributed by atoms with Gasteiger partial charge in [-0.3, -0.25) is 14.6 Å². The van der Waals surface area contributed by atoms with E-state index in [1.807, 2.05) is 0 Å². The summed E-state index contributed by atoms with van der Waals surface area (Å²) in [5.74, 6) is -5.23.